The Bertz CT molecular complexity index is 308. The quantitative estimate of drug-likeness (QED) is 0.667. The summed E-state index contributed by atoms with van der Waals surface area (Å²) in [5.74, 6) is -0.0979. The van der Waals surface area contributed by atoms with Gasteiger partial charge in [-0.1, -0.05) is 0 Å². The first-order valence-electron chi connectivity index (χ1n) is 4.63. The van der Waals surface area contributed by atoms with E-state index in [4.69, 9.17) is 0 Å². The zero-order valence-corrected chi connectivity index (χ0v) is 7.73. The van der Waals surface area contributed by atoms with Crippen molar-refractivity contribution in [3.8, 4) is 0 Å². The average Bonchev–Trinajstić information content (AvgIpc) is 2.72. The van der Waals surface area contributed by atoms with Gasteiger partial charge in [0.25, 0.3) is 5.91 Å². The van der Waals surface area contributed by atoms with E-state index >= 15 is 0 Å². The van der Waals surface area contributed by atoms with E-state index in [1.54, 1.807) is 0 Å². The van der Waals surface area contributed by atoms with Gasteiger partial charge in [-0.2, -0.15) is 0 Å². The summed E-state index contributed by atoms with van der Waals surface area (Å²) in [6.07, 6.45) is 5.43. The first-order valence-corrected chi connectivity index (χ1v) is 4.63. The van der Waals surface area contributed by atoms with Gasteiger partial charge < -0.3 is 10.6 Å². The van der Waals surface area contributed by atoms with Gasteiger partial charge in [-0.05, 0) is 13.0 Å². The molecule has 1 fully saturated rings. The highest BCUT2D eigenvalue weighted by Gasteiger charge is 2.17. The van der Waals surface area contributed by atoms with E-state index in [0.29, 0.717) is 5.56 Å². The third-order valence-electron chi connectivity index (χ3n) is 2.22. The lowest BCUT2D eigenvalue weighted by molar-refractivity contribution is 0.0939. The lowest BCUT2D eigenvalue weighted by Gasteiger charge is -2.10. The number of rotatable bonds is 2. The third-order valence-corrected chi connectivity index (χ3v) is 2.22. The summed E-state index contributed by atoms with van der Waals surface area (Å²) in [4.78, 5) is 19.2. The normalized spacial score (nSPS) is 20.7. The molecule has 1 aliphatic heterocycles. The van der Waals surface area contributed by atoms with E-state index in [0.717, 1.165) is 19.5 Å². The average molecular weight is 192 g/mol. The molecule has 5 heteroatoms. The molecule has 1 saturated heterocycles. The Labute approximate surface area is 82.0 Å². The minimum atomic E-state index is -0.0979. The second-order valence-corrected chi connectivity index (χ2v) is 3.29. The van der Waals surface area contributed by atoms with Crippen molar-refractivity contribution in [3.05, 3.63) is 24.3 Å². The number of amides is 1. The minimum absolute atomic E-state index is 0.0979. The van der Waals surface area contributed by atoms with Crippen LogP contribution in [0.25, 0.3) is 0 Å². The van der Waals surface area contributed by atoms with Crippen molar-refractivity contribution in [2.75, 3.05) is 13.1 Å². The summed E-state index contributed by atoms with van der Waals surface area (Å²) >= 11 is 0. The van der Waals surface area contributed by atoms with Crippen molar-refractivity contribution in [3.63, 3.8) is 0 Å². The van der Waals surface area contributed by atoms with E-state index in [2.05, 4.69) is 20.6 Å². The standard InChI is InChI=1S/C9H12N4O/c14-9(7-3-11-6-12-4-7)13-8-1-2-10-5-8/h3-4,6,8,10H,1-2,5H2,(H,13,14). The number of aromatic nitrogens is 2. The number of nitrogens with one attached hydrogen (secondary N) is 2. The van der Waals surface area contributed by atoms with E-state index < -0.39 is 0 Å². The number of carbonyl (C=O) groups is 1. The Hall–Kier alpha value is -1.49. The van der Waals surface area contributed by atoms with Gasteiger partial charge in [0.2, 0.25) is 0 Å². The molecule has 5 nitrogen and oxygen atoms in total. The fourth-order valence-electron chi connectivity index (χ4n) is 1.46. The van der Waals surface area contributed by atoms with Gasteiger partial charge >= 0.3 is 0 Å². The molecular weight excluding hydrogens is 180 g/mol. The van der Waals surface area contributed by atoms with Crippen LogP contribution in [0.4, 0.5) is 0 Å². The fraction of sp³-hybridized carbons (Fsp3) is 0.444. The monoisotopic (exact) mass is 192 g/mol. The lowest BCUT2D eigenvalue weighted by atomic mass is 10.2. The summed E-state index contributed by atoms with van der Waals surface area (Å²) in [7, 11) is 0. The van der Waals surface area contributed by atoms with Crippen LogP contribution in [0.15, 0.2) is 18.7 Å². The van der Waals surface area contributed by atoms with Crippen LogP contribution in [0.1, 0.15) is 16.8 Å². The van der Waals surface area contributed by atoms with Crippen molar-refractivity contribution in [2.45, 2.75) is 12.5 Å². The second kappa shape index (κ2) is 4.15. The SMILES string of the molecule is O=C(NC1CCNC1)c1cncnc1. The van der Waals surface area contributed by atoms with Crippen LogP contribution in [0, 0.1) is 0 Å². The molecule has 1 aromatic rings. The maximum atomic E-state index is 11.6. The van der Waals surface area contributed by atoms with Crippen LogP contribution in [0.2, 0.25) is 0 Å². The lowest BCUT2D eigenvalue weighted by Crippen LogP contribution is -2.36. The van der Waals surface area contributed by atoms with E-state index in [1.807, 2.05) is 0 Å². The number of carbonyl (C=O) groups excluding carboxylic acids is 1. The summed E-state index contributed by atoms with van der Waals surface area (Å²) in [6.45, 7) is 1.82. The van der Waals surface area contributed by atoms with Crippen molar-refractivity contribution in [1.29, 1.82) is 0 Å². The van der Waals surface area contributed by atoms with Crippen LogP contribution in [-0.2, 0) is 0 Å². The third kappa shape index (κ3) is 2.05. The number of nitrogens with zero attached hydrogens (tertiary/aromatic N) is 2. The zero-order chi connectivity index (χ0) is 9.80. The molecule has 1 aromatic heterocycles. The summed E-state index contributed by atoms with van der Waals surface area (Å²) < 4.78 is 0. The molecule has 0 aliphatic carbocycles. The minimum Gasteiger partial charge on any atom is -0.348 e. The van der Waals surface area contributed by atoms with Crippen LogP contribution in [0.3, 0.4) is 0 Å². The Morgan fingerprint density at radius 3 is 2.93 bits per heavy atom. The maximum Gasteiger partial charge on any atom is 0.254 e. The van der Waals surface area contributed by atoms with Crippen molar-refractivity contribution < 1.29 is 4.79 Å². The summed E-state index contributed by atoms with van der Waals surface area (Å²) in [6, 6.07) is 0.239. The molecule has 0 radical (unpaired) electrons. The molecule has 2 N–H and O–H groups in total. The highest BCUT2D eigenvalue weighted by atomic mass is 16.1. The molecule has 2 rings (SSSR count). The summed E-state index contributed by atoms with van der Waals surface area (Å²) in [5, 5.41) is 6.10. The fourth-order valence-corrected chi connectivity index (χ4v) is 1.46. The van der Waals surface area contributed by atoms with E-state index in [-0.39, 0.29) is 11.9 Å². The van der Waals surface area contributed by atoms with Gasteiger partial charge in [0.1, 0.15) is 6.33 Å². The van der Waals surface area contributed by atoms with Crippen LogP contribution >= 0.6 is 0 Å². The second-order valence-electron chi connectivity index (χ2n) is 3.29. The van der Waals surface area contributed by atoms with Crippen LogP contribution in [0.5, 0.6) is 0 Å². The molecule has 1 amide bonds. The zero-order valence-electron chi connectivity index (χ0n) is 7.73. The molecular formula is C9H12N4O. The van der Waals surface area contributed by atoms with Gasteiger partial charge in [-0.25, -0.2) is 9.97 Å². The Morgan fingerprint density at radius 2 is 2.29 bits per heavy atom. The van der Waals surface area contributed by atoms with Gasteiger partial charge in [0.05, 0.1) is 5.56 Å². The molecule has 0 aromatic carbocycles. The molecule has 0 bridgehead atoms. The van der Waals surface area contributed by atoms with Crippen molar-refractivity contribution >= 4 is 5.91 Å². The molecule has 74 valence electrons. The van der Waals surface area contributed by atoms with Gasteiger partial charge in [-0.3, -0.25) is 4.79 Å². The van der Waals surface area contributed by atoms with E-state index in [1.165, 1.54) is 18.7 Å². The predicted octanol–water partition coefficient (Wildman–Crippen LogP) is -0.432. The Balaban J connectivity index is 1.95. The molecule has 1 aliphatic rings. The molecule has 2 heterocycles. The molecule has 14 heavy (non-hydrogen) atoms. The topological polar surface area (TPSA) is 66.9 Å². The van der Waals surface area contributed by atoms with Gasteiger partial charge in [0.15, 0.2) is 0 Å². The number of hydrogen-bond donors (Lipinski definition) is 2. The molecule has 0 saturated carbocycles. The predicted molar refractivity (Wildman–Crippen MR) is 50.8 cm³/mol. The Morgan fingerprint density at radius 1 is 1.50 bits per heavy atom. The van der Waals surface area contributed by atoms with Crippen molar-refractivity contribution in [1.82, 2.24) is 20.6 Å². The van der Waals surface area contributed by atoms with Gasteiger partial charge in [0, 0.05) is 25.0 Å². The van der Waals surface area contributed by atoms with Crippen molar-refractivity contribution in [2.24, 2.45) is 0 Å². The molecule has 1 unspecified atom stereocenters. The maximum absolute atomic E-state index is 11.6. The smallest absolute Gasteiger partial charge is 0.254 e. The highest BCUT2D eigenvalue weighted by molar-refractivity contribution is 5.93. The molecule has 0 spiro atoms. The van der Waals surface area contributed by atoms with Crippen LogP contribution < -0.4 is 10.6 Å². The number of hydrogen-bond acceptors (Lipinski definition) is 4. The molecule has 1 atom stereocenters. The first-order chi connectivity index (χ1) is 6.86. The van der Waals surface area contributed by atoms with Crippen LogP contribution in [-0.4, -0.2) is 35.0 Å². The first kappa shape index (κ1) is 9.08. The van der Waals surface area contributed by atoms with E-state index in [9.17, 15) is 4.79 Å². The highest BCUT2D eigenvalue weighted by Crippen LogP contribution is 2.00. The Kier molecular flexibility index (Phi) is 2.69. The summed E-state index contributed by atoms with van der Waals surface area (Å²) in [5.41, 5.74) is 0.513. The largest absolute Gasteiger partial charge is 0.348 e. The van der Waals surface area contributed by atoms with Gasteiger partial charge in [-0.15, -0.1) is 0 Å².